The van der Waals surface area contributed by atoms with Crippen LogP contribution in [0, 0.1) is 12.8 Å². The van der Waals surface area contributed by atoms with Gasteiger partial charge in [0.2, 0.25) is 5.91 Å². The smallest absolute Gasteiger partial charge is 0.338 e. The van der Waals surface area contributed by atoms with Gasteiger partial charge in [0.05, 0.1) is 34.5 Å². The van der Waals surface area contributed by atoms with Crippen LogP contribution in [0.4, 0.5) is 5.69 Å². The van der Waals surface area contributed by atoms with Crippen LogP contribution in [-0.2, 0) is 33.7 Å². The van der Waals surface area contributed by atoms with Crippen molar-refractivity contribution in [2.75, 3.05) is 18.5 Å². The number of nitrogens with two attached hydrogens (primary N) is 1. The largest absolute Gasteiger partial charge is 0.462 e. The maximum absolute atomic E-state index is 13.3. The molecule has 208 valence electrons. The predicted octanol–water partition coefficient (Wildman–Crippen LogP) is 3.54. The van der Waals surface area contributed by atoms with E-state index in [0.717, 1.165) is 0 Å². The van der Waals surface area contributed by atoms with Gasteiger partial charge in [0.15, 0.2) is 9.84 Å². The van der Waals surface area contributed by atoms with Gasteiger partial charge in [0.25, 0.3) is 10.1 Å². The first kappa shape index (κ1) is 30.3. The number of hydrogen-bond donors (Lipinski definition) is 2. The minimum absolute atomic E-state index is 0.132. The van der Waals surface area contributed by atoms with Crippen LogP contribution in [0.15, 0.2) is 82.6 Å². The van der Waals surface area contributed by atoms with E-state index in [9.17, 15) is 26.4 Å². The summed E-state index contributed by atoms with van der Waals surface area (Å²) < 4.78 is 62.3. The van der Waals surface area contributed by atoms with Crippen molar-refractivity contribution < 1.29 is 35.3 Å². The number of halogens is 1. The van der Waals surface area contributed by atoms with E-state index in [-0.39, 0.29) is 32.7 Å². The van der Waals surface area contributed by atoms with Crippen molar-refractivity contribution in [2.24, 2.45) is 11.7 Å². The van der Waals surface area contributed by atoms with Crippen LogP contribution < -0.4 is 11.1 Å². The molecule has 0 radical (unpaired) electrons. The van der Waals surface area contributed by atoms with E-state index in [0.29, 0.717) is 5.56 Å². The monoisotopic (exact) mass is 594 g/mol. The van der Waals surface area contributed by atoms with E-state index in [4.69, 9.17) is 26.3 Å². The van der Waals surface area contributed by atoms with Crippen molar-refractivity contribution >= 4 is 49.1 Å². The molecule has 13 heteroatoms. The minimum atomic E-state index is -4.36. The van der Waals surface area contributed by atoms with E-state index < -0.39 is 49.7 Å². The molecule has 3 N–H and O–H groups in total. The Balaban J connectivity index is 1.90. The molecule has 0 heterocycles. The molecule has 0 aliphatic heterocycles. The lowest BCUT2D eigenvalue weighted by molar-refractivity contribution is -0.120. The van der Waals surface area contributed by atoms with Crippen LogP contribution in [0.3, 0.4) is 0 Å². The van der Waals surface area contributed by atoms with E-state index in [2.05, 4.69) is 5.32 Å². The molecule has 2 unspecified atom stereocenters. The number of rotatable bonds is 11. The van der Waals surface area contributed by atoms with E-state index in [1.807, 2.05) is 0 Å². The summed E-state index contributed by atoms with van der Waals surface area (Å²) in [6, 6.07) is 16.8. The van der Waals surface area contributed by atoms with Crippen molar-refractivity contribution in [1.29, 1.82) is 0 Å². The van der Waals surface area contributed by atoms with E-state index in [1.165, 1.54) is 60.7 Å². The number of benzene rings is 3. The molecule has 39 heavy (non-hydrogen) atoms. The number of sulfone groups is 1. The minimum Gasteiger partial charge on any atom is -0.462 e. The summed E-state index contributed by atoms with van der Waals surface area (Å²) in [5, 5.41) is 0.913. The molecular formula is C26H27ClN2O8S2. The second-order valence-corrected chi connectivity index (χ2v) is 12.5. The molecule has 3 rings (SSSR count). The Labute approximate surface area is 232 Å². The molecule has 1 amide bonds. The summed E-state index contributed by atoms with van der Waals surface area (Å²) in [6.07, 6.45) is 0. The zero-order valence-electron chi connectivity index (χ0n) is 21.0. The first-order valence-corrected chi connectivity index (χ1v) is 15.0. The highest BCUT2D eigenvalue weighted by Gasteiger charge is 2.38. The number of ether oxygens (including phenoxy) is 1. The third kappa shape index (κ3) is 7.43. The van der Waals surface area contributed by atoms with Crippen LogP contribution >= 0.6 is 11.6 Å². The predicted molar refractivity (Wildman–Crippen MR) is 145 cm³/mol. The topological polar surface area (TPSA) is 159 Å². The third-order valence-corrected chi connectivity index (χ3v) is 9.33. The molecule has 0 aromatic heterocycles. The van der Waals surface area contributed by atoms with Crippen molar-refractivity contribution in [1.82, 2.24) is 0 Å². The number of aryl methyl sites for hydroxylation is 1. The summed E-state index contributed by atoms with van der Waals surface area (Å²) in [5.41, 5.74) is 6.94. The first-order valence-electron chi connectivity index (χ1n) is 11.6. The van der Waals surface area contributed by atoms with Crippen molar-refractivity contribution in [3.8, 4) is 0 Å². The van der Waals surface area contributed by atoms with Gasteiger partial charge in [-0.15, -0.1) is 0 Å². The summed E-state index contributed by atoms with van der Waals surface area (Å²) in [5.74, 6) is -3.13. The first-order chi connectivity index (χ1) is 18.4. The Bertz CT molecular complexity index is 1540. The van der Waals surface area contributed by atoms with Gasteiger partial charge in [-0.05, 0) is 74.0 Å². The number of nitrogens with one attached hydrogen (secondary N) is 1. The summed E-state index contributed by atoms with van der Waals surface area (Å²) >= 11 is 5.86. The SMILES string of the molecule is CCOC(=O)c1ccc(NC(=O)C(COS(=O)(=O)c2ccccc2C)C(N)S(=O)(=O)c2ccc(Cl)cc2)cc1. The molecule has 0 aliphatic rings. The van der Waals surface area contributed by atoms with Crippen molar-refractivity contribution in [2.45, 2.75) is 29.0 Å². The summed E-state index contributed by atoms with van der Waals surface area (Å²) in [7, 11) is -8.70. The van der Waals surface area contributed by atoms with Crippen molar-refractivity contribution in [3.63, 3.8) is 0 Å². The number of amides is 1. The third-order valence-electron chi connectivity index (χ3n) is 5.66. The van der Waals surface area contributed by atoms with E-state index >= 15 is 0 Å². The lowest BCUT2D eigenvalue weighted by atomic mass is 10.1. The maximum Gasteiger partial charge on any atom is 0.338 e. The average Bonchev–Trinajstić information content (AvgIpc) is 2.89. The highest BCUT2D eigenvalue weighted by atomic mass is 35.5. The molecule has 0 aliphatic carbocycles. The Morgan fingerprint density at radius 3 is 2.15 bits per heavy atom. The Kier molecular flexibility index (Phi) is 9.86. The normalized spacial score (nSPS) is 13.3. The van der Waals surface area contributed by atoms with Crippen LogP contribution in [0.1, 0.15) is 22.8 Å². The molecule has 10 nitrogen and oxygen atoms in total. The van der Waals surface area contributed by atoms with Crippen LogP contribution in [0.2, 0.25) is 5.02 Å². The number of carbonyl (C=O) groups is 2. The fourth-order valence-corrected chi connectivity index (χ4v) is 6.27. The molecule has 0 saturated heterocycles. The Hall–Kier alpha value is -3.29. The number of anilines is 1. The molecule has 3 aromatic carbocycles. The second kappa shape index (κ2) is 12.7. The van der Waals surface area contributed by atoms with Gasteiger partial charge in [0, 0.05) is 10.7 Å². The number of esters is 1. The van der Waals surface area contributed by atoms with Crippen LogP contribution in [0.25, 0.3) is 0 Å². The maximum atomic E-state index is 13.3. The lowest BCUT2D eigenvalue weighted by Crippen LogP contribution is -2.46. The second-order valence-electron chi connectivity index (χ2n) is 8.36. The molecular weight excluding hydrogens is 568 g/mol. The van der Waals surface area contributed by atoms with Gasteiger partial charge >= 0.3 is 5.97 Å². The summed E-state index contributed by atoms with van der Waals surface area (Å²) in [4.78, 5) is 24.8. The fourth-order valence-electron chi connectivity index (χ4n) is 3.52. The zero-order valence-corrected chi connectivity index (χ0v) is 23.4. The fraction of sp³-hybridized carbons (Fsp3) is 0.231. The molecule has 3 aromatic rings. The van der Waals surface area contributed by atoms with Crippen molar-refractivity contribution in [3.05, 3.63) is 88.9 Å². The zero-order chi connectivity index (χ0) is 28.8. The number of hydrogen-bond acceptors (Lipinski definition) is 9. The highest BCUT2D eigenvalue weighted by molar-refractivity contribution is 7.92. The van der Waals surface area contributed by atoms with Gasteiger partial charge in [0.1, 0.15) is 5.37 Å². The standard InChI is InChI=1S/C26H27ClN2O8S2/c1-3-36-26(31)18-8-12-20(13-9-18)29-25(30)22(16-37-39(34,35)23-7-5-4-6-17(23)2)24(28)38(32,33)21-14-10-19(27)11-15-21/h4-15,22,24H,3,16,28H2,1-2H3,(H,29,30). The Morgan fingerprint density at radius 2 is 1.56 bits per heavy atom. The number of carbonyl (C=O) groups excluding carboxylic acids is 2. The van der Waals surface area contributed by atoms with Gasteiger partial charge in [-0.1, -0.05) is 29.8 Å². The van der Waals surface area contributed by atoms with Crippen LogP contribution in [0.5, 0.6) is 0 Å². The van der Waals surface area contributed by atoms with Gasteiger partial charge < -0.3 is 15.8 Å². The van der Waals surface area contributed by atoms with Gasteiger partial charge in [-0.2, -0.15) is 8.42 Å². The molecule has 0 fully saturated rings. The Morgan fingerprint density at radius 1 is 0.949 bits per heavy atom. The van der Waals surface area contributed by atoms with E-state index in [1.54, 1.807) is 26.0 Å². The molecule has 2 atom stereocenters. The molecule has 0 saturated carbocycles. The van der Waals surface area contributed by atoms with Crippen LogP contribution in [-0.4, -0.2) is 47.3 Å². The molecule has 0 bridgehead atoms. The highest BCUT2D eigenvalue weighted by Crippen LogP contribution is 2.24. The molecule has 0 spiro atoms. The van der Waals surface area contributed by atoms with Gasteiger partial charge in [-0.25, -0.2) is 13.2 Å². The van der Waals surface area contributed by atoms with Gasteiger partial charge in [-0.3, -0.25) is 8.98 Å². The quantitative estimate of drug-likeness (QED) is 0.250. The summed E-state index contributed by atoms with van der Waals surface area (Å²) in [6.45, 7) is 2.55. The average molecular weight is 595 g/mol. The lowest BCUT2D eigenvalue weighted by Gasteiger charge is -2.23.